The van der Waals surface area contributed by atoms with Crippen LogP contribution < -0.4 is 4.74 Å². The van der Waals surface area contributed by atoms with Crippen LogP contribution >= 0.6 is 43.2 Å². The minimum atomic E-state index is -1.05. The number of carboxylic acids is 1. The van der Waals surface area contributed by atoms with Gasteiger partial charge in [-0.15, -0.1) is 11.3 Å². The van der Waals surface area contributed by atoms with Crippen molar-refractivity contribution in [2.45, 2.75) is 6.10 Å². The predicted octanol–water partition coefficient (Wildman–Crippen LogP) is 3.82. The molecule has 0 bridgehead atoms. The molecule has 1 aromatic heterocycles. The van der Waals surface area contributed by atoms with Gasteiger partial charge in [0.25, 0.3) is 0 Å². The van der Waals surface area contributed by atoms with Gasteiger partial charge in [-0.05, 0) is 61.0 Å². The molecule has 4 nitrogen and oxygen atoms in total. The van der Waals surface area contributed by atoms with E-state index in [-0.39, 0.29) is 0 Å². The fourth-order valence-corrected chi connectivity index (χ4v) is 3.81. The van der Waals surface area contributed by atoms with Crippen LogP contribution in [0.25, 0.3) is 0 Å². The van der Waals surface area contributed by atoms with Crippen LogP contribution in [0.15, 0.2) is 38.6 Å². The first-order chi connectivity index (χ1) is 9.49. The van der Waals surface area contributed by atoms with Crippen molar-refractivity contribution in [3.05, 3.63) is 49.0 Å². The number of carbonyl (C=O) groups is 1. The Morgan fingerprint density at radius 2 is 2.00 bits per heavy atom. The summed E-state index contributed by atoms with van der Waals surface area (Å²) in [5.41, 5.74) is 0.689. The van der Waals surface area contributed by atoms with Gasteiger partial charge in [0.2, 0.25) is 0 Å². The number of hydrogen-bond acceptors (Lipinski definition) is 4. The molecule has 0 radical (unpaired) electrons. The van der Waals surface area contributed by atoms with Crippen LogP contribution in [-0.4, -0.2) is 22.8 Å². The first kappa shape index (κ1) is 15.5. The van der Waals surface area contributed by atoms with E-state index in [0.29, 0.717) is 20.3 Å². The molecule has 1 heterocycles. The summed E-state index contributed by atoms with van der Waals surface area (Å²) in [6.45, 7) is -0.427. The Labute approximate surface area is 136 Å². The number of aliphatic carboxylic acids is 1. The van der Waals surface area contributed by atoms with E-state index >= 15 is 0 Å². The molecule has 0 aliphatic rings. The second-order valence-corrected chi connectivity index (χ2v) is 6.60. The van der Waals surface area contributed by atoms with Gasteiger partial charge in [0.1, 0.15) is 11.9 Å². The summed E-state index contributed by atoms with van der Waals surface area (Å²) in [5, 5.41) is 20.8. The molecule has 0 spiro atoms. The number of thiophene rings is 1. The van der Waals surface area contributed by atoms with Gasteiger partial charge < -0.3 is 14.9 Å². The largest absolute Gasteiger partial charge is 0.480 e. The maximum absolute atomic E-state index is 10.5. The zero-order chi connectivity index (χ0) is 14.7. The summed E-state index contributed by atoms with van der Waals surface area (Å²) < 4.78 is 6.35. The topological polar surface area (TPSA) is 66.8 Å². The van der Waals surface area contributed by atoms with Gasteiger partial charge in [0.15, 0.2) is 6.61 Å². The van der Waals surface area contributed by atoms with Crippen LogP contribution in [-0.2, 0) is 4.79 Å². The monoisotopic (exact) mass is 420 g/mol. The summed E-state index contributed by atoms with van der Waals surface area (Å²) in [4.78, 5) is 11.4. The van der Waals surface area contributed by atoms with E-state index in [1.54, 1.807) is 12.1 Å². The first-order valence-electron chi connectivity index (χ1n) is 5.54. The molecule has 2 N–H and O–H groups in total. The molecule has 2 aromatic rings. The molecule has 2 rings (SSSR count). The number of halogens is 2. The van der Waals surface area contributed by atoms with E-state index in [1.807, 2.05) is 17.5 Å². The smallest absolute Gasteiger partial charge is 0.341 e. The molecule has 1 aromatic carbocycles. The lowest BCUT2D eigenvalue weighted by atomic mass is 10.1. The van der Waals surface area contributed by atoms with Crippen molar-refractivity contribution >= 4 is 49.2 Å². The van der Waals surface area contributed by atoms with Crippen LogP contribution in [0.3, 0.4) is 0 Å². The lowest BCUT2D eigenvalue weighted by Crippen LogP contribution is -2.10. The fourth-order valence-electron chi connectivity index (χ4n) is 1.62. The average Bonchev–Trinajstić information content (AvgIpc) is 2.90. The SMILES string of the molecule is O=C(O)COc1c(Br)cc(C(O)c2cccs2)cc1Br. The standard InChI is InChI=1S/C13H10Br2O4S/c14-8-4-7(12(18)10-2-1-3-20-10)5-9(15)13(8)19-6-11(16)17/h1-5,12,18H,6H2,(H,16,17). The van der Waals surface area contributed by atoms with Crippen molar-refractivity contribution in [1.29, 1.82) is 0 Å². The lowest BCUT2D eigenvalue weighted by Gasteiger charge is -2.14. The summed E-state index contributed by atoms with van der Waals surface area (Å²) in [7, 11) is 0. The van der Waals surface area contributed by atoms with Gasteiger partial charge >= 0.3 is 5.97 Å². The van der Waals surface area contributed by atoms with E-state index in [1.165, 1.54) is 11.3 Å². The Kier molecular flexibility index (Phi) is 5.20. The fraction of sp³-hybridized carbons (Fsp3) is 0.154. The average molecular weight is 422 g/mol. The van der Waals surface area contributed by atoms with Crippen molar-refractivity contribution in [3.63, 3.8) is 0 Å². The number of benzene rings is 1. The van der Waals surface area contributed by atoms with E-state index in [9.17, 15) is 9.90 Å². The third kappa shape index (κ3) is 3.60. The van der Waals surface area contributed by atoms with Gasteiger partial charge in [-0.1, -0.05) is 6.07 Å². The van der Waals surface area contributed by atoms with Crippen molar-refractivity contribution in [1.82, 2.24) is 0 Å². The lowest BCUT2D eigenvalue weighted by molar-refractivity contribution is -0.139. The molecular formula is C13H10Br2O4S. The second-order valence-electron chi connectivity index (χ2n) is 3.91. The first-order valence-corrected chi connectivity index (χ1v) is 8.00. The molecule has 0 saturated heterocycles. The molecule has 20 heavy (non-hydrogen) atoms. The molecule has 106 valence electrons. The molecule has 0 saturated carbocycles. The Balaban J connectivity index is 2.28. The second kappa shape index (κ2) is 6.71. The minimum Gasteiger partial charge on any atom is -0.480 e. The van der Waals surface area contributed by atoms with Crippen LogP contribution in [0.5, 0.6) is 5.75 Å². The van der Waals surface area contributed by atoms with Gasteiger partial charge in [0, 0.05) is 4.88 Å². The number of aliphatic hydroxyl groups excluding tert-OH is 1. The molecular weight excluding hydrogens is 412 g/mol. The van der Waals surface area contributed by atoms with Crippen LogP contribution in [0.2, 0.25) is 0 Å². The van der Waals surface area contributed by atoms with Crippen LogP contribution in [0.4, 0.5) is 0 Å². The highest BCUT2D eigenvalue weighted by molar-refractivity contribution is 9.11. The van der Waals surface area contributed by atoms with Crippen LogP contribution in [0.1, 0.15) is 16.5 Å². The Hall–Kier alpha value is -0.890. The quantitative estimate of drug-likeness (QED) is 0.770. The van der Waals surface area contributed by atoms with Crippen molar-refractivity contribution in [2.24, 2.45) is 0 Å². The van der Waals surface area contributed by atoms with Crippen molar-refractivity contribution in [3.8, 4) is 5.75 Å². The van der Waals surface area contributed by atoms with E-state index in [2.05, 4.69) is 31.9 Å². The van der Waals surface area contributed by atoms with Crippen molar-refractivity contribution < 1.29 is 19.7 Å². The zero-order valence-corrected chi connectivity index (χ0v) is 14.0. The Morgan fingerprint density at radius 3 is 2.50 bits per heavy atom. The van der Waals surface area contributed by atoms with Gasteiger partial charge in [-0.3, -0.25) is 0 Å². The molecule has 1 unspecified atom stereocenters. The maximum atomic E-state index is 10.5. The Bertz CT molecular complexity index is 590. The third-order valence-corrected chi connectivity index (χ3v) is 4.59. The van der Waals surface area contributed by atoms with E-state index < -0.39 is 18.7 Å². The zero-order valence-electron chi connectivity index (χ0n) is 10.0. The Morgan fingerprint density at radius 1 is 1.35 bits per heavy atom. The highest BCUT2D eigenvalue weighted by Crippen LogP contribution is 2.38. The number of hydrogen-bond donors (Lipinski definition) is 2. The number of rotatable bonds is 5. The van der Waals surface area contributed by atoms with Crippen molar-refractivity contribution in [2.75, 3.05) is 6.61 Å². The van der Waals surface area contributed by atoms with E-state index in [0.717, 1.165) is 4.88 Å². The summed E-state index contributed by atoms with van der Waals surface area (Å²) >= 11 is 8.11. The predicted molar refractivity (Wildman–Crippen MR) is 83.4 cm³/mol. The summed E-state index contributed by atoms with van der Waals surface area (Å²) in [6, 6.07) is 7.16. The molecule has 0 fully saturated rings. The number of carboxylic acid groups (broad SMARTS) is 1. The van der Waals surface area contributed by atoms with Crippen LogP contribution in [0, 0.1) is 0 Å². The normalized spacial score (nSPS) is 12.2. The van der Waals surface area contributed by atoms with E-state index in [4.69, 9.17) is 9.84 Å². The molecule has 7 heteroatoms. The summed E-state index contributed by atoms with van der Waals surface area (Å²) in [6.07, 6.45) is -0.726. The van der Waals surface area contributed by atoms with Gasteiger partial charge in [-0.25, -0.2) is 4.79 Å². The summed E-state index contributed by atoms with van der Waals surface area (Å²) in [5.74, 6) is -0.652. The highest BCUT2D eigenvalue weighted by Gasteiger charge is 2.17. The number of aliphatic hydroxyl groups is 1. The molecule has 1 atom stereocenters. The van der Waals surface area contributed by atoms with Gasteiger partial charge in [-0.2, -0.15) is 0 Å². The molecule has 0 amide bonds. The third-order valence-electron chi connectivity index (χ3n) is 2.49. The highest BCUT2D eigenvalue weighted by atomic mass is 79.9. The molecule has 0 aliphatic heterocycles. The maximum Gasteiger partial charge on any atom is 0.341 e. The molecule has 0 aliphatic carbocycles. The number of ether oxygens (including phenoxy) is 1. The van der Waals surface area contributed by atoms with Gasteiger partial charge in [0.05, 0.1) is 8.95 Å². The minimum absolute atomic E-state index is 0.398.